The summed E-state index contributed by atoms with van der Waals surface area (Å²) in [5, 5.41) is 0. The molecule has 2 aliphatic heterocycles. The van der Waals surface area contributed by atoms with E-state index in [0.717, 1.165) is 31.6 Å². The van der Waals surface area contributed by atoms with Crippen LogP contribution < -0.4 is 9.47 Å². The zero-order valence-corrected chi connectivity index (χ0v) is 21.6. The molecule has 1 aromatic carbocycles. The van der Waals surface area contributed by atoms with Crippen LogP contribution in [0, 0.1) is 18.2 Å². The van der Waals surface area contributed by atoms with Gasteiger partial charge in [0, 0.05) is 32.5 Å². The van der Waals surface area contributed by atoms with Gasteiger partial charge in [-0.15, -0.1) is 6.42 Å². The highest BCUT2D eigenvalue weighted by Crippen LogP contribution is 2.31. The molecule has 37 heavy (non-hydrogen) atoms. The Morgan fingerprint density at radius 1 is 1.14 bits per heavy atom. The molecule has 0 bridgehead atoms. The van der Waals surface area contributed by atoms with Crippen molar-refractivity contribution < 1.29 is 23.4 Å². The molecule has 8 nitrogen and oxygen atoms in total. The molecule has 2 saturated heterocycles. The van der Waals surface area contributed by atoms with Crippen LogP contribution in [0.25, 0.3) is 0 Å². The number of aromatic nitrogens is 2. The number of terminal acetylenes is 1. The number of amides is 1. The minimum atomic E-state index is -0.471. The van der Waals surface area contributed by atoms with Crippen molar-refractivity contribution in [2.45, 2.75) is 64.6 Å². The third-order valence-corrected chi connectivity index (χ3v) is 6.61. The Kier molecular flexibility index (Phi) is 9.18. The lowest BCUT2D eigenvalue weighted by atomic mass is 10.1. The monoisotopic (exact) mass is 510 g/mol. The molecular weight excluding hydrogens is 475 g/mol. The number of hydrogen-bond donors (Lipinski definition) is 0. The van der Waals surface area contributed by atoms with Crippen molar-refractivity contribution in [3.8, 4) is 29.9 Å². The van der Waals surface area contributed by atoms with E-state index in [-0.39, 0.29) is 41.4 Å². The Morgan fingerprint density at radius 2 is 1.86 bits per heavy atom. The zero-order chi connectivity index (χ0) is 26.2. The molecule has 0 N–H and O–H groups in total. The quantitative estimate of drug-likeness (QED) is 0.472. The van der Waals surface area contributed by atoms with Crippen LogP contribution in [0.2, 0.25) is 0 Å². The van der Waals surface area contributed by atoms with E-state index in [9.17, 15) is 9.18 Å². The average molecular weight is 511 g/mol. The van der Waals surface area contributed by atoms with Crippen LogP contribution >= 0.6 is 0 Å². The molecule has 1 aromatic heterocycles. The fraction of sp³-hybridized carbons (Fsp3) is 0.536. The molecule has 0 atom stereocenters. The normalized spacial score (nSPS) is 16.9. The minimum absolute atomic E-state index is 0.0415. The zero-order valence-electron chi connectivity index (χ0n) is 21.6. The smallest absolute Gasteiger partial charge is 0.410 e. The van der Waals surface area contributed by atoms with Gasteiger partial charge in [-0.3, -0.25) is 0 Å². The van der Waals surface area contributed by atoms with Crippen LogP contribution in [-0.2, 0) is 11.2 Å². The fourth-order valence-corrected chi connectivity index (χ4v) is 4.59. The van der Waals surface area contributed by atoms with Crippen LogP contribution in [0.15, 0.2) is 24.5 Å². The second-order valence-corrected chi connectivity index (χ2v) is 9.76. The summed E-state index contributed by atoms with van der Waals surface area (Å²) in [7, 11) is 0. The van der Waals surface area contributed by atoms with Gasteiger partial charge in [0.25, 0.3) is 0 Å². The Balaban J connectivity index is 1.36. The lowest BCUT2D eigenvalue weighted by Gasteiger charge is -2.31. The maximum absolute atomic E-state index is 14.9. The summed E-state index contributed by atoms with van der Waals surface area (Å²) in [6.07, 6.45) is 12.1. The van der Waals surface area contributed by atoms with Gasteiger partial charge in [0.2, 0.25) is 11.8 Å². The molecule has 1 amide bonds. The van der Waals surface area contributed by atoms with Crippen LogP contribution in [0.3, 0.4) is 0 Å². The SMILES string of the molecule is C#Cc1c(Oc2ccc(CCN3CCCCC3)cc2F)ncnc1OC1CCN(C(=O)OC(C)C)CC1. The number of carbonyl (C=O) groups is 1. The summed E-state index contributed by atoms with van der Waals surface area (Å²) in [5.41, 5.74) is 1.14. The number of hydrogen-bond acceptors (Lipinski definition) is 7. The summed E-state index contributed by atoms with van der Waals surface area (Å²) in [4.78, 5) is 24.5. The van der Waals surface area contributed by atoms with E-state index in [4.69, 9.17) is 20.6 Å². The van der Waals surface area contributed by atoms with E-state index in [1.807, 2.05) is 19.9 Å². The summed E-state index contributed by atoms with van der Waals surface area (Å²) >= 11 is 0. The predicted octanol–water partition coefficient (Wildman–Crippen LogP) is 4.81. The molecular formula is C28H35FN4O4. The molecule has 3 heterocycles. The first-order valence-electron chi connectivity index (χ1n) is 13.1. The first kappa shape index (κ1) is 26.7. The second kappa shape index (κ2) is 12.7. The molecule has 4 rings (SSSR count). The molecule has 2 fully saturated rings. The van der Waals surface area contributed by atoms with E-state index < -0.39 is 5.82 Å². The van der Waals surface area contributed by atoms with E-state index >= 15 is 0 Å². The number of rotatable bonds is 8. The van der Waals surface area contributed by atoms with Gasteiger partial charge in [0.15, 0.2) is 11.6 Å². The first-order valence-corrected chi connectivity index (χ1v) is 13.1. The van der Waals surface area contributed by atoms with Gasteiger partial charge in [0.05, 0.1) is 6.10 Å². The molecule has 2 aromatic rings. The van der Waals surface area contributed by atoms with E-state index in [1.165, 1.54) is 31.7 Å². The van der Waals surface area contributed by atoms with E-state index in [0.29, 0.717) is 25.9 Å². The van der Waals surface area contributed by atoms with Gasteiger partial charge in [-0.25, -0.2) is 19.2 Å². The topological polar surface area (TPSA) is 77.0 Å². The summed E-state index contributed by atoms with van der Waals surface area (Å²) in [6.45, 7) is 7.80. The third-order valence-electron chi connectivity index (χ3n) is 6.61. The van der Waals surface area contributed by atoms with Crippen molar-refractivity contribution in [3.05, 3.63) is 41.5 Å². The lowest BCUT2D eigenvalue weighted by Crippen LogP contribution is -2.42. The molecule has 2 aliphatic rings. The average Bonchev–Trinajstić information content (AvgIpc) is 2.89. The van der Waals surface area contributed by atoms with Crippen molar-refractivity contribution in [2.24, 2.45) is 0 Å². The second-order valence-electron chi connectivity index (χ2n) is 9.76. The number of benzene rings is 1. The number of nitrogens with zero attached hydrogens (tertiary/aromatic N) is 4. The molecule has 9 heteroatoms. The van der Waals surface area contributed by atoms with Gasteiger partial charge >= 0.3 is 6.09 Å². The molecule has 0 radical (unpaired) electrons. The van der Waals surface area contributed by atoms with Crippen molar-refractivity contribution in [2.75, 3.05) is 32.7 Å². The maximum Gasteiger partial charge on any atom is 0.410 e. The molecule has 198 valence electrons. The van der Waals surface area contributed by atoms with Gasteiger partial charge in [-0.05, 0) is 63.9 Å². The van der Waals surface area contributed by atoms with E-state index in [1.54, 1.807) is 11.0 Å². The first-order chi connectivity index (χ1) is 17.9. The van der Waals surface area contributed by atoms with Gasteiger partial charge in [-0.1, -0.05) is 18.4 Å². The highest BCUT2D eigenvalue weighted by molar-refractivity contribution is 5.67. The van der Waals surface area contributed by atoms with Crippen LogP contribution in [0.1, 0.15) is 57.1 Å². The number of piperidine rings is 2. The molecule has 0 saturated carbocycles. The van der Waals surface area contributed by atoms with Crippen LogP contribution in [-0.4, -0.2) is 70.8 Å². The maximum atomic E-state index is 14.9. The number of halogens is 1. The number of ether oxygens (including phenoxy) is 3. The number of likely N-dealkylation sites (tertiary alicyclic amines) is 2. The van der Waals surface area contributed by atoms with Crippen molar-refractivity contribution in [1.29, 1.82) is 0 Å². The number of carbonyl (C=O) groups excluding carboxylic acids is 1. The van der Waals surface area contributed by atoms with Gasteiger partial charge < -0.3 is 24.0 Å². The molecule has 0 spiro atoms. The lowest BCUT2D eigenvalue weighted by molar-refractivity contribution is 0.0506. The summed E-state index contributed by atoms with van der Waals surface area (Å²) in [6, 6.07) is 4.98. The largest absolute Gasteiger partial charge is 0.473 e. The predicted molar refractivity (Wildman–Crippen MR) is 137 cm³/mol. The Hall–Kier alpha value is -3.38. The van der Waals surface area contributed by atoms with Gasteiger partial charge in [0.1, 0.15) is 18.0 Å². The standard InChI is InChI=1S/C28H35FN4O4/c1-4-23-26(36-22-11-16-33(17-12-22)28(34)35-20(2)3)30-19-31-27(23)37-25-9-8-21(18-24(25)29)10-15-32-13-6-5-7-14-32/h1,8-9,18-20,22H,5-7,10-17H2,2-3H3. The Labute approximate surface area is 218 Å². The van der Waals surface area contributed by atoms with Crippen molar-refractivity contribution in [3.63, 3.8) is 0 Å². The Morgan fingerprint density at radius 3 is 2.54 bits per heavy atom. The summed E-state index contributed by atoms with van der Waals surface area (Å²) in [5.74, 6) is 2.36. The van der Waals surface area contributed by atoms with Crippen LogP contribution in [0.4, 0.5) is 9.18 Å². The minimum Gasteiger partial charge on any atom is -0.473 e. The fourth-order valence-electron chi connectivity index (χ4n) is 4.59. The molecule has 0 aliphatic carbocycles. The summed E-state index contributed by atoms with van der Waals surface area (Å²) < 4.78 is 32.0. The molecule has 0 unspecified atom stereocenters. The van der Waals surface area contributed by atoms with Crippen molar-refractivity contribution in [1.82, 2.24) is 19.8 Å². The van der Waals surface area contributed by atoms with Crippen molar-refractivity contribution >= 4 is 6.09 Å². The van der Waals surface area contributed by atoms with Crippen LogP contribution in [0.5, 0.6) is 17.5 Å². The third kappa shape index (κ3) is 7.32. The Bertz CT molecular complexity index is 1110. The highest BCUT2D eigenvalue weighted by atomic mass is 19.1. The van der Waals surface area contributed by atoms with Gasteiger partial charge in [-0.2, -0.15) is 0 Å². The highest BCUT2D eigenvalue weighted by Gasteiger charge is 2.27. The van der Waals surface area contributed by atoms with E-state index in [2.05, 4.69) is 20.8 Å².